The van der Waals surface area contributed by atoms with Crippen LogP contribution in [0.5, 0.6) is 0 Å². The molecule has 1 rings (SSSR count). The van der Waals surface area contributed by atoms with Gasteiger partial charge >= 0.3 is 0 Å². The van der Waals surface area contributed by atoms with Crippen LogP contribution in [-0.2, 0) is 0 Å². The van der Waals surface area contributed by atoms with E-state index in [4.69, 9.17) is 16.7 Å². The number of aliphatic hydroxyl groups excluding tert-OH is 1. The highest BCUT2D eigenvalue weighted by atomic mass is 35.5. The molecule has 0 saturated carbocycles. The van der Waals surface area contributed by atoms with Crippen molar-refractivity contribution < 1.29 is 9.50 Å². The van der Waals surface area contributed by atoms with Crippen molar-refractivity contribution in [2.75, 3.05) is 6.54 Å². The predicted molar refractivity (Wildman–Crippen MR) is 59.5 cm³/mol. The van der Waals surface area contributed by atoms with E-state index in [0.29, 0.717) is 6.54 Å². The molecule has 0 fully saturated rings. The summed E-state index contributed by atoms with van der Waals surface area (Å²) < 4.78 is 12.9. The molecule has 0 heterocycles. The minimum Gasteiger partial charge on any atom is -0.392 e. The average Bonchev–Trinajstić information content (AvgIpc) is 2.18. The van der Waals surface area contributed by atoms with Crippen LogP contribution in [0.25, 0.3) is 0 Å². The molecule has 15 heavy (non-hydrogen) atoms. The second kappa shape index (κ2) is 5.45. The zero-order valence-electron chi connectivity index (χ0n) is 8.80. The second-order valence-electron chi connectivity index (χ2n) is 3.65. The maximum absolute atomic E-state index is 12.9. The smallest absolute Gasteiger partial charge is 0.141 e. The lowest BCUT2D eigenvalue weighted by atomic mass is 10.1. The van der Waals surface area contributed by atoms with Gasteiger partial charge in [0.05, 0.1) is 11.1 Å². The third kappa shape index (κ3) is 3.78. The second-order valence-corrected chi connectivity index (χ2v) is 4.06. The molecular weight excluding hydrogens is 217 g/mol. The Morgan fingerprint density at radius 1 is 1.47 bits per heavy atom. The average molecular weight is 232 g/mol. The maximum Gasteiger partial charge on any atom is 0.141 e. The summed E-state index contributed by atoms with van der Waals surface area (Å²) in [6.45, 7) is 4.14. The number of rotatable bonds is 4. The van der Waals surface area contributed by atoms with Crippen LogP contribution in [-0.4, -0.2) is 17.8 Å². The molecule has 0 amide bonds. The number of nitrogens with one attached hydrogen (secondary N) is 1. The Morgan fingerprint density at radius 2 is 2.13 bits per heavy atom. The summed E-state index contributed by atoms with van der Waals surface area (Å²) >= 11 is 5.67. The zero-order valence-corrected chi connectivity index (χ0v) is 9.55. The molecule has 1 aromatic carbocycles. The zero-order chi connectivity index (χ0) is 11.4. The normalized spacial score (nSPS) is 15.0. The molecule has 0 aromatic heterocycles. The Bertz CT molecular complexity index is 330. The standard InChI is InChI=1S/C11H15ClFNO/c1-7(15)6-14-8(2)9-3-4-11(13)10(12)5-9/h3-5,7-8,14-15H,6H2,1-2H3/t7-,8-/m0/s1. The van der Waals surface area contributed by atoms with Gasteiger partial charge in [-0.25, -0.2) is 4.39 Å². The third-order valence-corrected chi connectivity index (χ3v) is 2.45. The number of benzene rings is 1. The lowest BCUT2D eigenvalue weighted by Crippen LogP contribution is -2.27. The molecule has 4 heteroatoms. The highest BCUT2D eigenvalue weighted by Gasteiger charge is 2.08. The van der Waals surface area contributed by atoms with Crippen molar-refractivity contribution in [3.05, 3.63) is 34.6 Å². The molecule has 2 atom stereocenters. The van der Waals surface area contributed by atoms with E-state index in [9.17, 15) is 4.39 Å². The van der Waals surface area contributed by atoms with Crippen LogP contribution in [0.1, 0.15) is 25.5 Å². The van der Waals surface area contributed by atoms with Crippen LogP contribution in [0.2, 0.25) is 5.02 Å². The summed E-state index contributed by atoms with van der Waals surface area (Å²) in [5.74, 6) is -0.414. The largest absolute Gasteiger partial charge is 0.392 e. The summed E-state index contributed by atoms with van der Waals surface area (Å²) in [5.41, 5.74) is 0.905. The van der Waals surface area contributed by atoms with Gasteiger partial charge in [-0.2, -0.15) is 0 Å². The van der Waals surface area contributed by atoms with Gasteiger partial charge in [-0.3, -0.25) is 0 Å². The van der Waals surface area contributed by atoms with Crippen molar-refractivity contribution in [3.8, 4) is 0 Å². The quantitative estimate of drug-likeness (QED) is 0.835. The van der Waals surface area contributed by atoms with Gasteiger partial charge in [-0.1, -0.05) is 17.7 Å². The van der Waals surface area contributed by atoms with Crippen molar-refractivity contribution >= 4 is 11.6 Å². The molecule has 0 spiro atoms. The number of aliphatic hydroxyl groups is 1. The first-order chi connectivity index (χ1) is 7.00. The Hall–Kier alpha value is -0.640. The van der Waals surface area contributed by atoms with E-state index in [0.717, 1.165) is 5.56 Å². The van der Waals surface area contributed by atoms with E-state index in [-0.39, 0.29) is 11.1 Å². The molecule has 0 unspecified atom stereocenters. The van der Waals surface area contributed by atoms with Crippen molar-refractivity contribution in [3.63, 3.8) is 0 Å². The first-order valence-electron chi connectivity index (χ1n) is 4.87. The van der Waals surface area contributed by atoms with Crippen LogP contribution in [0.15, 0.2) is 18.2 Å². The van der Waals surface area contributed by atoms with Crippen molar-refractivity contribution in [1.29, 1.82) is 0 Å². The Kier molecular flexibility index (Phi) is 4.51. The third-order valence-electron chi connectivity index (χ3n) is 2.16. The molecular formula is C11H15ClFNO. The molecule has 0 radical (unpaired) electrons. The SMILES string of the molecule is C[C@H](O)CN[C@@H](C)c1ccc(F)c(Cl)c1. The minimum atomic E-state index is -0.414. The molecule has 0 aliphatic rings. The van der Waals surface area contributed by atoms with Gasteiger partial charge in [0.2, 0.25) is 0 Å². The summed E-state index contributed by atoms with van der Waals surface area (Å²) in [4.78, 5) is 0. The predicted octanol–water partition coefficient (Wildman–Crippen LogP) is 2.51. The Labute approximate surface area is 94.1 Å². The molecule has 1 aromatic rings. The fourth-order valence-electron chi connectivity index (χ4n) is 1.25. The number of halogens is 2. The summed E-state index contributed by atoms with van der Waals surface area (Å²) in [6.07, 6.45) is -0.400. The molecule has 0 saturated heterocycles. The van der Waals surface area contributed by atoms with Gasteiger partial charge in [0.25, 0.3) is 0 Å². The van der Waals surface area contributed by atoms with Crippen LogP contribution in [0.3, 0.4) is 0 Å². The van der Waals surface area contributed by atoms with Gasteiger partial charge in [-0.05, 0) is 31.5 Å². The molecule has 0 aliphatic carbocycles. The van der Waals surface area contributed by atoms with Crippen LogP contribution in [0.4, 0.5) is 4.39 Å². The van der Waals surface area contributed by atoms with Crippen LogP contribution >= 0.6 is 11.6 Å². The van der Waals surface area contributed by atoms with Crippen LogP contribution < -0.4 is 5.32 Å². The molecule has 84 valence electrons. The van der Waals surface area contributed by atoms with E-state index in [1.54, 1.807) is 19.1 Å². The molecule has 0 bridgehead atoms. The molecule has 0 aliphatic heterocycles. The fraction of sp³-hybridized carbons (Fsp3) is 0.455. The van der Waals surface area contributed by atoms with Crippen molar-refractivity contribution in [2.45, 2.75) is 26.0 Å². The molecule has 2 N–H and O–H groups in total. The lowest BCUT2D eigenvalue weighted by molar-refractivity contribution is 0.187. The lowest BCUT2D eigenvalue weighted by Gasteiger charge is -2.15. The highest BCUT2D eigenvalue weighted by Crippen LogP contribution is 2.20. The van der Waals surface area contributed by atoms with Gasteiger partial charge in [0.1, 0.15) is 5.82 Å². The minimum absolute atomic E-state index is 0.0395. The summed E-state index contributed by atoms with van der Waals surface area (Å²) in [7, 11) is 0. The van der Waals surface area contributed by atoms with E-state index in [2.05, 4.69) is 5.32 Å². The molecule has 2 nitrogen and oxygen atoms in total. The maximum atomic E-state index is 12.9. The van der Waals surface area contributed by atoms with E-state index >= 15 is 0 Å². The Morgan fingerprint density at radius 3 is 2.67 bits per heavy atom. The number of hydrogen-bond donors (Lipinski definition) is 2. The van der Waals surface area contributed by atoms with Gasteiger partial charge in [0.15, 0.2) is 0 Å². The monoisotopic (exact) mass is 231 g/mol. The first kappa shape index (κ1) is 12.4. The van der Waals surface area contributed by atoms with Gasteiger partial charge in [-0.15, -0.1) is 0 Å². The van der Waals surface area contributed by atoms with E-state index < -0.39 is 11.9 Å². The van der Waals surface area contributed by atoms with Gasteiger partial charge < -0.3 is 10.4 Å². The van der Waals surface area contributed by atoms with Crippen LogP contribution in [0, 0.1) is 5.82 Å². The summed E-state index contributed by atoms with van der Waals surface area (Å²) in [5, 5.41) is 12.3. The van der Waals surface area contributed by atoms with E-state index in [1.807, 2.05) is 6.92 Å². The number of hydrogen-bond acceptors (Lipinski definition) is 2. The topological polar surface area (TPSA) is 32.3 Å². The van der Waals surface area contributed by atoms with E-state index in [1.165, 1.54) is 6.07 Å². The fourth-order valence-corrected chi connectivity index (χ4v) is 1.44. The van der Waals surface area contributed by atoms with Crippen molar-refractivity contribution in [1.82, 2.24) is 5.32 Å². The van der Waals surface area contributed by atoms with Crippen molar-refractivity contribution in [2.24, 2.45) is 0 Å². The first-order valence-corrected chi connectivity index (χ1v) is 5.25. The highest BCUT2D eigenvalue weighted by molar-refractivity contribution is 6.30. The Balaban J connectivity index is 2.65. The van der Waals surface area contributed by atoms with Gasteiger partial charge in [0, 0.05) is 12.6 Å². The summed E-state index contributed by atoms with van der Waals surface area (Å²) in [6, 6.07) is 4.66.